The Morgan fingerprint density at radius 2 is 0.918 bits per heavy atom. The average molecular weight is 1320 g/mol. The molecule has 0 radical (unpaired) electrons. The molecule has 14 rings (SSSR count). The van der Waals surface area contributed by atoms with Crippen molar-refractivity contribution >= 4 is 45.5 Å². The number of hydrogen-bond donors (Lipinski definition) is 0. The lowest BCUT2D eigenvalue weighted by atomic mass is 9.94. The minimum atomic E-state index is -0.757. The lowest BCUT2D eigenvalue weighted by Gasteiger charge is -2.44. The van der Waals surface area contributed by atoms with Gasteiger partial charge in [0.05, 0.1) is 46.6 Å². The Morgan fingerprint density at radius 1 is 0.505 bits per heavy atom. The monoisotopic (exact) mass is 1310 g/mol. The molecule has 6 aromatic heterocycles. The molecule has 0 saturated carbocycles. The van der Waals surface area contributed by atoms with Crippen molar-refractivity contribution < 1.29 is 27.2 Å². The van der Waals surface area contributed by atoms with E-state index in [4.69, 9.17) is 9.97 Å². The normalized spacial score (nSPS) is 17.8. The topological polar surface area (TPSA) is 204 Å². The van der Waals surface area contributed by atoms with E-state index in [0.29, 0.717) is 85.1 Å². The minimum Gasteiger partial charge on any atom is -0.349 e. The number of halogens is 4. The van der Waals surface area contributed by atoms with Gasteiger partial charge < -0.3 is 19.6 Å². The van der Waals surface area contributed by atoms with Gasteiger partial charge in [0.25, 0.3) is 0 Å². The molecule has 2 amide bonds. The quantitative estimate of drug-likeness (QED) is 0.112. The van der Waals surface area contributed by atoms with Crippen LogP contribution in [0.1, 0.15) is 118 Å². The molecular weight excluding hydrogens is 1240 g/mol. The number of fused-ring (bicyclic) bond motifs is 14. The van der Waals surface area contributed by atoms with Crippen molar-refractivity contribution in [2.75, 3.05) is 36.0 Å². The molecule has 10 heterocycles. The van der Waals surface area contributed by atoms with Crippen LogP contribution in [0.3, 0.4) is 0 Å². The van der Waals surface area contributed by atoms with Crippen molar-refractivity contribution in [1.82, 2.24) is 68.9 Å². The fourth-order valence-corrected chi connectivity index (χ4v) is 14.3. The zero-order valence-electron chi connectivity index (χ0n) is 55.3. The number of pyridine rings is 2. The molecule has 0 unspecified atom stereocenters. The summed E-state index contributed by atoms with van der Waals surface area (Å²) < 4.78 is 70.9. The minimum absolute atomic E-state index is 0.00997. The fourth-order valence-electron chi connectivity index (χ4n) is 14.3. The smallest absolute Gasteiger partial charge is 0.349 e. The summed E-state index contributed by atoms with van der Waals surface area (Å²) in [5.41, 5.74) is 5.99. The number of benzene rings is 4. The lowest BCUT2D eigenvalue weighted by molar-refractivity contribution is -0.129. The van der Waals surface area contributed by atoms with Crippen molar-refractivity contribution in [1.29, 1.82) is 0 Å². The second-order valence-corrected chi connectivity index (χ2v) is 26.3. The maximum absolute atomic E-state index is 16.6. The van der Waals surface area contributed by atoms with Crippen LogP contribution in [0.25, 0.3) is 56.0 Å². The molecule has 4 aliphatic rings. The summed E-state index contributed by atoms with van der Waals surface area (Å²) in [7, 11) is 0. The van der Waals surface area contributed by atoms with Crippen LogP contribution in [-0.4, -0.2) is 131 Å². The SMILES string of the molecule is C=CC(=O)N1C[C@H](C)N(c2nc(=O)n3c4nc(c(F)cc24)-c2c(F)cccc2Cn2cc(nn2)CCCc2cccc(C(C)C)c2-3)C[C@H]1C.C=CC(=O)N1C[C@H](C)N(c2nc(=O)n3c4nc(c(F)cc24)-c2c(F)cccc2Cn2cc(nn2)CCc2cccc(C(C)C)c2-3)C[C@H]1C. The number of carbonyl (C=O) groups excluding carboxylic acids is 2. The second kappa shape index (κ2) is 26.2. The highest BCUT2D eigenvalue weighted by molar-refractivity contribution is 5.93. The van der Waals surface area contributed by atoms with Gasteiger partial charge in [0.1, 0.15) is 46.3 Å². The number of carbonyl (C=O) groups is 2. The zero-order valence-corrected chi connectivity index (χ0v) is 55.3. The lowest BCUT2D eigenvalue weighted by Crippen LogP contribution is -2.58. The Balaban J connectivity index is 0.000000175. The van der Waals surface area contributed by atoms with Gasteiger partial charge in [-0.3, -0.25) is 9.59 Å². The van der Waals surface area contributed by atoms with Crippen LogP contribution in [-0.2, 0) is 48.4 Å². The largest absolute Gasteiger partial charge is 0.355 e. The van der Waals surface area contributed by atoms with E-state index < -0.39 is 34.6 Å². The standard InChI is InChI=1S/C37H38F2N8O2.C36H36F2N8O2/c1-6-31(48)45-17-23(5)46(18-22(45)4)35-28-16-30(39)33-32-25(12-9-15-29(32)38)19-44-20-26(42-43-44)13-7-10-24-11-8-14-27(21(2)3)34(24)47(36(28)40-33)37(49)41-35;1-6-30(47)44-16-22(5)45(17-21(44)4)34-27-15-29(38)32-31-24(10-8-12-28(31)37)18-43-19-25(41-42-43)14-13-23-9-7-11-26(20(2)3)33(23)46(35(27)39-32)36(48)40-34/h6,8-9,11-12,14-16,20-23H,1,7,10,13,17-19H2,2-5H3;6-12,15,19-22H,1,13-14,16-18H2,2-5H3/t22-,23+;21-,22+/m11/s1. The first-order valence-electron chi connectivity index (χ1n) is 32.8. The van der Waals surface area contributed by atoms with Gasteiger partial charge in [-0.15, -0.1) is 10.2 Å². The number of piperazine rings is 2. The van der Waals surface area contributed by atoms with E-state index >= 15 is 17.6 Å². The van der Waals surface area contributed by atoms with Crippen LogP contribution in [0, 0.1) is 23.3 Å². The van der Waals surface area contributed by atoms with Crippen LogP contribution >= 0.6 is 0 Å². The van der Waals surface area contributed by atoms with E-state index in [1.807, 2.05) is 93.9 Å². The van der Waals surface area contributed by atoms with Crippen molar-refractivity contribution in [2.24, 2.45) is 0 Å². The molecule has 8 bridgehead atoms. The molecule has 2 fully saturated rings. The first kappa shape index (κ1) is 65.2. The van der Waals surface area contributed by atoms with E-state index in [9.17, 15) is 19.2 Å². The number of amides is 2. The van der Waals surface area contributed by atoms with Crippen molar-refractivity contribution in [3.63, 3.8) is 0 Å². The summed E-state index contributed by atoms with van der Waals surface area (Å²) in [6.45, 7) is 24.8. The van der Waals surface area contributed by atoms with Crippen molar-refractivity contribution in [2.45, 2.75) is 137 Å². The number of aryl methyl sites for hydroxylation is 4. The molecule has 498 valence electrons. The Bertz CT molecular complexity index is 4940. The maximum atomic E-state index is 16.6. The number of aromatic nitrogens is 12. The Morgan fingerprint density at radius 3 is 1.35 bits per heavy atom. The highest BCUT2D eigenvalue weighted by Gasteiger charge is 2.37. The first-order valence-corrected chi connectivity index (χ1v) is 32.8. The third-order valence-corrected chi connectivity index (χ3v) is 19.1. The van der Waals surface area contributed by atoms with Crippen LogP contribution in [0.2, 0.25) is 0 Å². The molecule has 2 saturated heterocycles. The molecule has 4 aliphatic heterocycles. The van der Waals surface area contributed by atoms with E-state index in [1.54, 1.807) is 49.6 Å². The predicted octanol–water partition coefficient (Wildman–Crippen LogP) is 10.8. The van der Waals surface area contributed by atoms with E-state index in [1.165, 1.54) is 45.6 Å². The van der Waals surface area contributed by atoms with Crippen LogP contribution < -0.4 is 21.2 Å². The van der Waals surface area contributed by atoms with Gasteiger partial charge in [-0.2, -0.15) is 9.97 Å². The van der Waals surface area contributed by atoms with Crippen LogP contribution in [0.5, 0.6) is 0 Å². The van der Waals surface area contributed by atoms with E-state index in [0.717, 1.165) is 40.1 Å². The summed E-state index contributed by atoms with van der Waals surface area (Å²) in [6, 6.07) is 22.6. The molecule has 0 aliphatic carbocycles. The van der Waals surface area contributed by atoms with Gasteiger partial charge >= 0.3 is 11.4 Å². The van der Waals surface area contributed by atoms with Gasteiger partial charge in [-0.1, -0.05) is 112 Å². The number of hydrogen-bond acceptors (Lipinski definition) is 14. The number of anilines is 2. The highest BCUT2D eigenvalue weighted by Crippen LogP contribution is 2.40. The molecule has 97 heavy (non-hydrogen) atoms. The number of rotatable bonds is 6. The molecule has 0 N–H and O–H groups in total. The molecule has 20 nitrogen and oxygen atoms in total. The van der Waals surface area contributed by atoms with E-state index in [2.05, 4.69) is 57.6 Å². The number of nitrogens with zero attached hydrogens (tertiary/aromatic N) is 16. The summed E-state index contributed by atoms with van der Waals surface area (Å²) in [5.74, 6) is -2.62. The van der Waals surface area contributed by atoms with Crippen molar-refractivity contribution in [3.05, 3.63) is 212 Å². The summed E-state index contributed by atoms with van der Waals surface area (Å²) >= 11 is 0. The maximum Gasteiger partial charge on any atom is 0.355 e. The summed E-state index contributed by atoms with van der Waals surface area (Å²) in [4.78, 5) is 80.4. The zero-order chi connectivity index (χ0) is 68.4. The third kappa shape index (κ3) is 12.0. The predicted molar refractivity (Wildman–Crippen MR) is 363 cm³/mol. The Labute approximate surface area is 557 Å². The van der Waals surface area contributed by atoms with Gasteiger partial charge in [-0.25, -0.2) is 55.6 Å². The average Bonchev–Trinajstić information content (AvgIpc) is 1.16. The molecular formula is C73H74F4N16O4. The second-order valence-electron chi connectivity index (χ2n) is 26.3. The molecule has 10 aromatic rings. The van der Waals surface area contributed by atoms with Crippen LogP contribution in [0.4, 0.5) is 29.2 Å². The Hall–Kier alpha value is -10.5. The number of para-hydroxylation sites is 2. The fraction of sp³-hybridized carbons (Fsp3) is 0.342. The van der Waals surface area contributed by atoms with Gasteiger partial charge in [0.15, 0.2) is 11.3 Å². The van der Waals surface area contributed by atoms with E-state index in [-0.39, 0.29) is 106 Å². The molecule has 4 atom stereocenters. The third-order valence-electron chi connectivity index (χ3n) is 19.1. The summed E-state index contributed by atoms with van der Waals surface area (Å²) in [5, 5.41) is 17.8. The first-order chi connectivity index (χ1) is 46.6. The molecule has 0 spiro atoms. The highest BCUT2D eigenvalue weighted by atomic mass is 19.1. The van der Waals surface area contributed by atoms with Gasteiger partial charge in [0.2, 0.25) is 11.8 Å². The van der Waals surface area contributed by atoms with Gasteiger partial charge in [0, 0.05) is 73.9 Å². The molecule has 4 aromatic carbocycles. The molecule has 24 heteroatoms. The van der Waals surface area contributed by atoms with Gasteiger partial charge in [-0.05, 0) is 141 Å². The summed E-state index contributed by atoms with van der Waals surface area (Å²) in [6.07, 6.45) is 9.27. The van der Waals surface area contributed by atoms with Crippen LogP contribution in [0.15, 0.2) is 132 Å². The van der Waals surface area contributed by atoms with Crippen molar-refractivity contribution in [3.8, 4) is 33.9 Å². The Kier molecular flexibility index (Phi) is 17.6.